The molecule has 0 fully saturated rings. The minimum Gasteiger partial charge on any atom is -0.328 e. The molecular formula is C25H26N4O3S. The summed E-state index contributed by atoms with van der Waals surface area (Å²) in [5.74, 6) is -0.268. The summed E-state index contributed by atoms with van der Waals surface area (Å²) in [5, 5.41) is 0. The largest absolute Gasteiger partial charge is 0.328 e. The van der Waals surface area contributed by atoms with Crippen molar-refractivity contribution in [3.63, 3.8) is 0 Å². The predicted octanol–water partition coefficient (Wildman–Crippen LogP) is 3.43. The highest BCUT2D eigenvalue weighted by atomic mass is 32.2. The summed E-state index contributed by atoms with van der Waals surface area (Å²) < 4.78 is 28.5. The van der Waals surface area contributed by atoms with Gasteiger partial charge in [-0.05, 0) is 42.8 Å². The average molecular weight is 463 g/mol. The fourth-order valence-electron chi connectivity index (χ4n) is 3.55. The molecule has 3 aromatic rings. The molecule has 4 rings (SSSR count). The maximum absolute atomic E-state index is 13.6. The number of nitrogens with one attached hydrogen (secondary N) is 3. The van der Waals surface area contributed by atoms with Gasteiger partial charge in [0, 0.05) is 18.8 Å². The van der Waals surface area contributed by atoms with Crippen LogP contribution < -0.4 is 15.6 Å². The first-order chi connectivity index (χ1) is 15.9. The van der Waals surface area contributed by atoms with E-state index in [1.807, 2.05) is 43.3 Å². The van der Waals surface area contributed by atoms with Crippen LogP contribution in [-0.2, 0) is 16.6 Å². The third-order valence-corrected chi connectivity index (χ3v) is 6.68. The van der Waals surface area contributed by atoms with E-state index < -0.39 is 10.0 Å². The van der Waals surface area contributed by atoms with E-state index in [0.29, 0.717) is 19.6 Å². The number of hydrogen-bond acceptors (Lipinski definition) is 5. The summed E-state index contributed by atoms with van der Waals surface area (Å²) in [6, 6.07) is 23.0. The number of nitrogens with zero attached hydrogens (tertiary/aromatic N) is 1. The van der Waals surface area contributed by atoms with E-state index in [1.54, 1.807) is 53.4 Å². The van der Waals surface area contributed by atoms with Crippen molar-refractivity contribution in [1.29, 1.82) is 0 Å². The number of para-hydroxylation sites is 1. The van der Waals surface area contributed by atoms with Gasteiger partial charge in [-0.1, -0.05) is 60.2 Å². The van der Waals surface area contributed by atoms with Crippen molar-refractivity contribution in [2.75, 3.05) is 17.8 Å². The number of hydrogen-bond donors (Lipinski definition) is 3. The SMILES string of the molecule is Cc1ccc(S(=O)(=O)Nc2ccccc2C(=O)N(CC2=CCNN2)Cc2ccccc2)cc1. The van der Waals surface area contributed by atoms with Crippen LogP contribution in [0.15, 0.2) is 95.5 Å². The lowest BCUT2D eigenvalue weighted by Crippen LogP contribution is -2.36. The Kier molecular flexibility index (Phi) is 6.76. The Balaban J connectivity index is 1.63. The van der Waals surface area contributed by atoms with Gasteiger partial charge in [-0.3, -0.25) is 9.52 Å². The maximum Gasteiger partial charge on any atom is 0.261 e. The Bertz CT molecular complexity index is 1260. The summed E-state index contributed by atoms with van der Waals surface area (Å²) in [5.41, 5.74) is 9.44. The molecule has 3 N–H and O–H groups in total. The minimum atomic E-state index is -3.85. The van der Waals surface area contributed by atoms with Crippen LogP contribution in [-0.4, -0.2) is 32.3 Å². The van der Waals surface area contributed by atoms with E-state index >= 15 is 0 Å². The van der Waals surface area contributed by atoms with Gasteiger partial charge in [0.25, 0.3) is 15.9 Å². The third-order valence-electron chi connectivity index (χ3n) is 5.30. The minimum absolute atomic E-state index is 0.142. The molecule has 33 heavy (non-hydrogen) atoms. The third kappa shape index (κ3) is 5.60. The van der Waals surface area contributed by atoms with E-state index in [2.05, 4.69) is 15.6 Å². The van der Waals surface area contributed by atoms with Crippen LogP contribution in [0.3, 0.4) is 0 Å². The van der Waals surface area contributed by atoms with Gasteiger partial charge < -0.3 is 10.3 Å². The predicted molar refractivity (Wildman–Crippen MR) is 129 cm³/mol. The molecule has 8 heteroatoms. The number of aryl methyl sites for hydroxylation is 1. The molecule has 0 bridgehead atoms. The van der Waals surface area contributed by atoms with Crippen LogP contribution in [0.5, 0.6) is 0 Å². The highest BCUT2D eigenvalue weighted by molar-refractivity contribution is 7.92. The summed E-state index contributed by atoms with van der Waals surface area (Å²) in [4.78, 5) is 15.5. The van der Waals surface area contributed by atoms with Crippen LogP contribution in [0.1, 0.15) is 21.5 Å². The highest BCUT2D eigenvalue weighted by Crippen LogP contribution is 2.23. The molecule has 7 nitrogen and oxygen atoms in total. The van der Waals surface area contributed by atoms with Gasteiger partial charge in [0.1, 0.15) is 0 Å². The first-order valence-corrected chi connectivity index (χ1v) is 12.1. The second-order valence-electron chi connectivity index (χ2n) is 7.85. The van der Waals surface area contributed by atoms with Gasteiger partial charge in [-0.2, -0.15) is 0 Å². The molecule has 0 atom stereocenters. The number of rotatable bonds is 8. The van der Waals surface area contributed by atoms with Gasteiger partial charge in [-0.15, -0.1) is 0 Å². The van der Waals surface area contributed by atoms with Crippen molar-refractivity contribution in [3.05, 3.63) is 107 Å². The van der Waals surface area contributed by atoms with Crippen LogP contribution in [0.4, 0.5) is 5.69 Å². The number of benzene rings is 3. The number of carbonyl (C=O) groups excluding carboxylic acids is 1. The number of carbonyl (C=O) groups is 1. The number of sulfonamides is 1. The molecule has 0 spiro atoms. The van der Waals surface area contributed by atoms with E-state index in [9.17, 15) is 13.2 Å². The molecule has 0 unspecified atom stereocenters. The summed E-state index contributed by atoms with van der Waals surface area (Å²) in [6.45, 7) is 3.32. The molecule has 0 saturated carbocycles. The van der Waals surface area contributed by atoms with Crippen molar-refractivity contribution in [2.45, 2.75) is 18.4 Å². The Hall–Kier alpha value is -3.62. The van der Waals surface area contributed by atoms with Crippen molar-refractivity contribution < 1.29 is 13.2 Å². The maximum atomic E-state index is 13.6. The molecule has 0 aliphatic carbocycles. The van der Waals surface area contributed by atoms with Gasteiger partial charge in [0.15, 0.2) is 0 Å². The fraction of sp³-hybridized carbons (Fsp3) is 0.160. The first-order valence-electron chi connectivity index (χ1n) is 10.6. The van der Waals surface area contributed by atoms with Crippen molar-refractivity contribution in [3.8, 4) is 0 Å². The van der Waals surface area contributed by atoms with Crippen molar-refractivity contribution in [1.82, 2.24) is 15.8 Å². The number of hydrazine groups is 1. The summed E-state index contributed by atoms with van der Waals surface area (Å²) >= 11 is 0. The average Bonchev–Trinajstić information content (AvgIpc) is 3.32. The van der Waals surface area contributed by atoms with Crippen LogP contribution in [0.25, 0.3) is 0 Å². The monoisotopic (exact) mass is 462 g/mol. The zero-order valence-electron chi connectivity index (χ0n) is 18.3. The second-order valence-corrected chi connectivity index (χ2v) is 9.53. The Labute approximate surface area is 194 Å². The molecular weight excluding hydrogens is 436 g/mol. The molecule has 0 saturated heterocycles. The zero-order valence-corrected chi connectivity index (χ0v) is 19.1. The summed E-state index contributed by atoms with van der Waals surface area (Å²) in [7, 11) is -3.85. The van der Waals surface area contributed by atoms with Crippen molar-refractivity contribution >= 4 is 21.6 Å². The molecule has 1 aliphatic rings. The standard InChI is InChI=1S/C25H26N4O3S/c1-19-11-13-22(14-12-19)33(31,32)28-24-10-6-5-9-23(24)25(30)29(18-21-15-16-26-27-21)17-20-7-3-2-4-8-20/h2-15,26-28H,16-18H2,1H3. The molecule has 0 aromatic heterocycles. The van der Waals surface area contributed by atoms with E-state index in [0.717, 1.165) is 16.8 Å². The Morgan fingerprint density at radius 1 is 0.939 bits per heavy atom. The number of anilines is 1. The lowest BCUT2D eigenvalue weighted by atomic mass is 10.1. The lowest BCUT2D eigenvalue weighted by molar-refractivity contribution is 0.0757. The van der Waals surface area contributed by atoms with Crippen molar-refractivity contribution in [2.24, 2.45) is 0 Å². The first kappa shape index (κ1) is 22.6. The smallest absolute Gasteiger partial charge is 0.261 e. The van der Waals surface area contributed by atoms with Crippen LogP contribution in [0, 0.1) is 6.92 Å². The Morgan fingerprint density at radius 2 is 1.64 bits per heavy atom. The number of amides is 1. The molecule has 1 heterocycles. The van der Waals surface area contributed by atoms with Gasteiger partial charge in [-0.25, -0.2) is 13.8 Å². The zero-order chi connectivity index (χ0) is 23.3. The van der Waals surface area contributed by atoms with Crippen LogP contribution in [0.2, 0.25) is 0 Å². The molecule has 0 radical (unpaired) electrons. The molecule has 1 aliphatic heterocycles. The molecule has 170 valence electrons. The second kappa shape index (κ2) is 9.89. The van der Waals surface area contributed by atoms with Gasteiger partial charge in [0.2, 0.25) is 0 Å². The van der Waals surface area contributed by atoms with E-state index in [1.165, 1.54) is 0 Å². The molecule has 1 amide bonds. The topological polar surface area (TPSA) is 90.5 Å². The van der Waals surface area contributed by atoms with Gasteiger partial charge in [0.05, 0.1) is 22.7 Å². The Morgan fingerprint density at radius 3 is 2.33 bits per heavy atom. The highest BCUT2D eigenvalue weighted by Gasteiger charge is 2.23. The van der Waals surface area contributed by atoms with E-state index in [4.69, 9.17) is 0 Å². The fourth-order valence-corrected chi connectivity index (χ4v) is 4.63. The van der Waals surface area contributed by atoms with Crippen LogP contribution >= 0.6 is 0 Å². The normalized spacial score (nSPS) is 13.2. The quantitative estimate of drug-likeness (QED) is 0.477. The summed E-state index contributed by atoms with van der Waals surface area (Å²) in [6.07, 6.45) is 1.98. The van der Waals surface area contributed by atoms with Gasteiger partial charge >= 0.3 is 0 Å². The van der Waals surface area contributed by atoms with E-state index in [-0.39, 0.29) is 22.1 Å². The lowest BCUT2D eigenvalue weighted by Gasteiger charge is -2.25. The molecule has 3 aromatic carbocycles.